The Morgan fingerprint density at radius 3 is 2.50 bits per heavy atom. The van der Waals surface area contributed by atoms with Gasteiger partial charge in [-0.15, -0.1) is 0 Å². The Bertz CT molecular complexity index is 366. The third-order valence-corrected chi connectivity index (χ3v) is 4.56. The molecule has 1 amide bonds. The number of hydrogen-bond acceptors (Lipinski definition) is 4. The third kappa shape index (κ3) is 3.30. The molecule has 6 heteroatoms. The van der Waals surface area contributed by atoms with Crippen molar-refractivity contribution in [3.8, 4) is 0 Å². The highest BCUT2D eigenvalue weighted by Crippen LogP contribution is 2.35. The molecule has 0 bridgehead atoms. The average molecular weight is 284 g/mol. The fourth-order valence-corrected chi connectivity index (χ4v) is 3.18. The van der Waals surface area contributed by atoms with Gasteiger partial charge in [0.05, 0.1) is 11.5 Å². The van der Waals surface area contributed by atoms with Gasteiger partial charge in [-0.25, -0.2) is 4.79 Å². The Hall–Kier alpha value is -1.14. The van der Waals surface area contributed by atoms with Crippen molar-refractivity contribution in [1.29, 1.82) is 0 Å². The minimum atomic E-state index is -0.926. The van der Waals surface area contributed by atoms with Crippen LogP contribution in [0.25, 0.3) is 0 Å². The quantitative estimate of drug-likeness (QED) is 0.688. The number of hydrogen-bond donors (Lipinski definition) is 3. The van der Waals surface area contributed by atoms with Gasteiger partial charge in [0.2, 0.25) is 5.91 Å². The molecule has 0 spiro atoms. The topological polar surface area (TPSA) is 102 Å². The van der Waals surface area contributed by atoms with Gasteiger partial charge in [-0.05, 0) is 25.7 Å². The lowest BCUT2D eigenvalue weighted by atomic mass is 9.73. The maximum Gasteiger partial charge on any atom is 0.332 e. The van der Waals surface area contributed by atoms with Crippen LogP contribution in [0.5, 0.6) is 0 Å². The molecule has 2 fully saturated rings. The van der Waals surface area contributed by atoms with Gasteiger partial charge in [-0.1, -0.05) is 19.3 Å². The van der Waals surface area contributed by atoms with Gasteiger partial charge >= 0.3 is 5.97 Å². The summed E-state index contributed by atoms with van der Waals surface area (Å²) in [6.45, 7) is 0.756. The number of ether oxygens (including phenoxy) is 1. The average Bonchev–Trinajstić information content (AvgIpc) is 2.94. The number of amides is 1. The molecule has 2 atom stereocenters. The van der Waals surface area contributed by atoms with Gasteiger partial charge in [0.15, 0.2) is 6.10 Å². The van der Waals surface area contributed by atoms with Crippen molar-refractivity contribution in [2.24, 2.45) is 11.1 Å². The van der Waals surface area contributed by atoms with E-state index in [1.165, 1.54) is 6.42 Å². The second kappa shape index (κ2) is 6.54. The molecular weight excluding hydrogens is 260 g/mol. The van der Waals surface area contributed by atoms with Crippen LogP contribution in [0.3, 0.4) is 0 Å². The standard InChI is InChI=1S/C14H24N2O4/c15-9-14(6-2-1-3-7-14)13(19)16-8-10-4-5-11(20-10)12(17)18/h10-11H,1-9,15H2,(H,16,19)(H,17,18). The lowest BCUT2D eigenvalue weighted by Gasteiger charge is -2.34. The Balaban J connectivity index is 1.81. The fourth-order valence-electron chi connectivity index (χ4n) is 3.18. The van der Waals surface area contributed by atoms with Crippen LogP contribution in [0, 0.1) is 5.41 Å². The van der Waals surface area contributed by atoms with Crippen molar-refractivity contribution in [3.05, 3.63) is 0 Å². The first-order valence-electron chi connectivity index (χ1n) is 7.44. The first-order chi connectivity index (χ1) is 9.57. The molecule has 0 aromatic carbocycles. The van der Waals surface area contributed by atoms with Gasteiger partial charge < -0.3 is 20.9 Å². The Labute approximate surface area is 119 Å². The van der Waals surface area contributed by atoms with E-state index in [9.17, 15) is 9.59 Å². The third-order valence-electron chi connectivity index (χ3n) is 4.56. The van der Waals surface area contributed by atoms with E-state index in [4.69, 9.17) is 15.6 Å². The number of carbonyl (C=O) groups excluding carboxylic acids is 1. The van der Waals surface area contributed by atoms with Gasteiger partial charge in [0.25, 0.3) is 0 Å². The normalized spacial score (nSPS) is 29.1. The summed E-state index contributed by atoms with van der Waals surface area (Å²) >= 11 is 0. The first kappa shape index (κ1) is 15.3. The highest BCUT2D eigenvalue weighted by atomic mass is 16.5. The summed E-state index contributed by atoms with van der Waals surface area (Å²) in [7, 11) is 0. The SMILES string of the molecule is NCC1(C(=O)NCC2CCC(C(=O)O)O2)CCCCC1. The van der Waals surface area contributed by atoms with Gasteiger partial charge in [-0.2, -0.15) is 0 Å². The molecule has 0 aromatic rings. The van der Waals surface area contributed by atoms with E-state index >= 15 is 0 Å². The van der Waals surface area contributed by atoms with Crippen molar-refractivity contribution in [2.45, 2.75) is 57.2 Å². The van der Waals surface area contributed by atoms with Crippen LogP contribution in [0.4, 0.5) is 0 Å². The van der Waals surface area contributed by atoms with Crippen LogP contribution in [0.15, 0.2) is 0 Å². The predicted octanol–water partition coefficient (Wildman–Crippen LogP) is 0.644. The van der Waals surface area contributed by atoms with E-state index in [2.05, 4.69) is 5.32 Å². The molecule has 1 heterocycles. The molecule has 1 aliphatic carbocycles. The van der Waals surface area contributed by atoms with Crippen molar-refractivity contribution < 1.29 is 19.4 Å². The second-order valence-electron chi connectivity index (χ2n) is 5.92. The van der Waals surface area contributed by atoms with Crippen molar-refractivity contribution in [3.63, 3.8) is 0 Å². The number of aliphatic carboxylic acids is 1. The zero-order valence-electron chi connectivity index (χ0n) is 11.8. The minimum absolute atomic E-state index is 0.00192. The number of rotatable bonds is 5. The summed E-state index contributed by atoms with van der Waals surface area (Å²) in [6.07, 6.45) is 5.22. The molecule has 0 aromatic heterocycles. The number of carbonyl (C=O) groups is 2. The largest absolute Gasteiger partial charge is 0.479 e. The number of carboxylic acid groups (broad SMARTS) is 1. The van der Waals surface area contributed by atoms with E-state index in [0.717, 1.165) is 25.7 Å². The maximum absolute atomic E-state index is 12.4. The van der Waals surface area contributed by atoms with Gasteiger partial charge in [0, 0.05) is 13.1 Å². The monoisotopic (exact) mass is 284 g/mol. The van der Waals surface area contributed by atoms with Crippen molar-refractivity contribution >= 4 is 11.9 Å². The molecule has 1 saturated carbocycles. The molecule has 2 aliphatic rings. The summed E-state index contributed by atoms with van der Waals surface area (Å²) in [5.74, 6) is -0.924. The summed E-state index contributed by atoms with van der Waals surface area (Å²) in [5, 5.41) is 11.8. The van der Waals surface area contributed by atoms with Crippen LogP contribution in [0.2, 0.25) is 0 Å². The Kier molecular flexibility index (Phi) is 4.99. The molecule has 0 radical (unpaired) electrons. The Morgan fingerprint density at radius 1 is 1.25 bits per heavy atom. The van der Waals surface area contributed by atoms with E-state index in [1.807, 2.05) is 0 Å². The van der Waals surface area contributed by atoms with Crippen LogP contribution in [-0.4, -0.2) is 42.3 Å². The minimum Gasteiger partial charge on any atom is -0.479 e. The molecule has 2 unspecified atom stereocenters. The molecule has 6 nitrogen and oxygen atoms in total. The van der Waals surface area contributed by atoms with Crippen molar-refractivity contribution in [1.82, 2.24) is 5.32 Å². The molecular formula is C14H24N2O4. The molecule has 2 rings (SSSR count). The van der Waals surface area contributed by atoms with Crippen molar-refractivity contribution in [2.75, 3.05) is 13.1 Å². The summed E-state index contributed by atoms with van der Waals surface area (Å²) in [6, 6.07) is 0. The predicted molar refractivity (Wildman–Crippen MR) is 73.1 cm³/mol. The number of carboxylic acids is 1. The zero-order valence-corrected chi connectivity index (χ0v) is 11.8. The molecule has 114 valence electrons. The fraction of sp³-hybridized carbons (Fsp3) is 0.857. The van der Waals surface area contributed by atoms with E-state index in [-0.39, 0.29) is 12.0 Å². The highest BCUT2D eigenvalue weighted by Gasteiger charge is 2.39. The van der Waals surface area contributed by atoms with Crippen LogP contribution in [-0.2, 0) is 14.3 Å². The second-order valence-corrected chi connectivity index (χ2v) is 5.92. The van der Waals surface area contributed by atoms with E-state index < -0.39 is 17.5 Å². The van der Waals surface area contributed by atoms with E-state index in [0.29, 0.717) is 25.9 Å². The lowest BCUT2D eigenvalue weighted by molar-refractivity contribution is -0.149. The summed E-state index contributed by atoms with van der Waals surface area (Å²) in [5.41, 5.74) is 5.39. The summed E-state index contributed by atoms with van der Waals surface area (Å²) < 4.78 is 5.38. The lowest BCUT2D eigenvalue weighted by Crippen LogP contribution is -2.48. The molecule has 1 saturated heterocycles. The zero-order chi connectivity index (χ0) is 14.6. The maximum atomic E-state index is 12.4. The smallest absolute Gasteiger partial charge is 0.332 e. The van der Waals surface area contributed by atoms with E-state index in [1.54, 1.807) is 0 Å². The molecule has 20 heavy (non-hydrogen) atoms. The van der Waals surface area contributed by atoms with Crippen LogP contribution < -0.4 is 11.1 Å². The molecule has 1 aliphatic heterocycles. The van der Waals surface area contributed by atoms with Crippen LogP contribution >= 0.6 is 0 Å². The number of nitrogens with two attached hydrogens (primary N) is 1. The number of nitrogens with one attached hydrogen (secondary N) is 1. The molecule has 4 N–H and O–H groups in total. The highest BCUT2D eigenvalue weighted by molar-refractivity contribution is 5.83. The first-order valence-corrected chi connectivity index (χ1v) is 7.44. The Morgan fingerprint density at radius 2 is 1.95 bits per heavy atom. The summed E-state index contributed by atoms with van der Waals surface area (Å²) in [4.78, 5) is 23.2. The van der Waals surface area contributed by atoms with Gasteiger partial charge in [-0.3, -0.25) is 4.79 Å². The van der Waals surface area contributed by atoms with Crippen LogP contribution in [0.1, 0.15) is 44.9 Å². The van der Waals surface area contributed by atoms with Gasteiger partial charge in [0.1, 0.15) is 0 Å².